The van der Waals surface area contributed by atoms with Crippen LogP contribution in [0.2, 0.25) is 0 Å². The molecule has 1 fully saturated rings. The van der Waals surface area contributed by atoms with E-state index < -0.39 is 30.0 Å². The van der Waals surface area contributed by atoms with Crippen molar-refractivity contribution in [1.29, 1.82) is 0 Å². The zero-order valence-corrected chi connectivity index (χ0v) is 13.1. The lowest BCUT2D eigenvalue weighted by Crippen LogP contribution is -2.51. The van der Waals surface area contributed by atoms with Gasteiger partial charge in [-0.3, -0.25) is 4.79 Å². The number of alkyl halides is 3. The Morgan fingerprint density at radius 3 is 2.62 bits per heavy atom. The minimum atomic E-state index is -4.66. The van der Waals surface area contributed by atoms with Crippen molar-refractivity contribution < 1.29 is 23.1 Å². The number of benzene rings is 1. The van der Waals surface area contributed by atoms with Crippen LogP contribution in [0.5, 0.6) is 0 Å². The Morgan fingerprint density at radius 2 is 2.04 bits per heavy atom. The molecule has 130 valence electrons. The fourth-order valence-corrected chi connectivity index (χ4v) is 2.94. The van der Waals surface area contributed by atoms with Crippen LogP contribution >= 0.6 is 0 Å². The molecule has 1 aromatic heterocycles. The number of hydrogen-bond acceptors (Lipinski definition) is 3. The van der Waals surface area contributed by atoms with E-state index in [1.165, 1.54) is 12.1 Å². The number of aliphatic hydroxyl groups is 1. The molecule has 1 aliphatic rings. The maximum atomic E-state index is 13.2. The second kappa shape index (κ2) is 5.77. The molecule has 1 unspecified atom stereocenters. The lowest BCUT2D eigenvalue weighted by atomic mass is 9.97. The largest absolute Gasteiger partial charge is 0.449 e. The molecule has 24 heavy (non-hydrogen) atoms. The quantitative estimate of drug-likeness (QED) is 0.877. The minimum absolute atomic E-state index is 0.160. The first-order valence-corrected chi connectivity index (χ1v) is 7.69. The van der Waals surface area contributed by atoms with Gasteiger partial charge in [-0.05, 0) is 37.8 Å². The van der Waals surface area contributed by atoms with Gasteiger partial charge in [0.2, 0.25) is 11.7 Å². The van der Waals surface area contributed by atoms with Crippen LogP contribution < -0.4 is 5.32 Å². The van der Waals surface area contributed by atoms with Gasteiger partial charge in [0.1, 0.15) is 6.54 Å². The summed E-state index contributed by atoms with van der Waals surface area (Å²) in [4.78, 5) is 15.9. The maximum absolute atomic E-state index is 13.2. The molecule has 1 atom stereocenters. The predicted octanol–water partition coefficient (Wildman–Crippen LogP) is 2.33. The number of aliphatic hydroxyl groups excluding tert-OH is 1. The topological polar surface area (TPSA) is 67.2 Å². The molecule has 1 aromatic carbocycles. The van der Waals surface area contributed by atoms with Crippen molar-refractivity contribution >= 4 is 16.9 Å². The average Bonchev–Trinajstić information content (AvgIpc) is 3.30. The van der Waals surface area contributed by atoms with Gasteiger partial charge in [0.05, 0.1) is 23.2 Å². The van der Waals surface area contributed by atoms with E-state index in [0.29, 0.717) is 0 Å². The molecule has 0 saturated heterocycles. The molecule has 0 bridgehead atoms. The molecule has 1 amide bonds. The molecule has 3 rings (SSSR count). The van der Waals surface area contributed by atoms with Crippen molar-refractivity contribution in [3.8, 4) is 0 Å². The number of carbonyl (C=O) groups is 1. The number of para-hydroxylation sites is 2. The third kappa shape index (κ3) is 3.10. The lowest BCUT2D eigenvalue weighted by molar-refractivity contribution is -0.147. The summed E-state index contributed by atoms with van der Waals surface area (Å²) in [6.45, 7) is 0.955. The van der Waals surface area contributed by atoms with Gasteiger partial charge in [0.25, 0.3) is 0 Å². The van der Waals surface area contributed by atoms with Crippen LogP contribution in [-0.4, -0.2) is 32.7 Å². The van der Waals surface area contributed by atoms with E-state index >= 15 is 0 Å². The number of imidazole rings is 1. The van der Waals surface area contributed by atoms with E-state index in [1.54, 1.807) is 19.1 Å². The van der Waals surface area contributed by atoms with Gasteiger partial charge in [-0.25, -0.2) is 4.98 Å². The molecule has 1 aliphatic carbocycles. The third-order valence-corrected chi connectivity index (χ3v) is 4.44. The van der Waals surface area contributed by atoms with Crippen molar-refractivity contribution in [2.24, 2.45) is 5.92 Å². The van der Waals surface area contributed by atoms with Crippen LogP contribution in [0.4, 0.5) is 13.2 Å². The van der Waals surface area contributed by atoms with Gasteiger partial charge >= 0.3 is 6.18 Å². The number of hydrogen-bond donors (Lipinski definition) is 2. The van der Waals surface area contributed by atoms with E-state index in [4.69, 9.17) is 0 Å². The Labute approximate surface area is 136 Å². The average molecular weight is 341 g/mol. The van der Waals surface area contributed by atoms with Crippen LogP contribution in [0.1, 0.15) is 25.6 Å². The summed E-state index contributed by atoms with van der Waals surface area (Å²) in [6.07, 6.45) is -2.88. The summed E-state index contributed by atoms with van der Waals surface area (Å²) in [5.74, 6) is -1.52. The molecular weight excluding hydrogens is 323 g/mol. The van der Waals surface area contributed by atoms with Crippen LogP contribution in [0.15, 0.2) is 24.3 Å². The summed E-state index contributed by atoms with van der Waals surface area (Å²) < 4.78 is 40.5. The highest BCUT2D eigenvalue weighted by Gasteiger charge is 2.43. The maximum Gasteiger partial charge on any atom is 0.449 e. The monoisotopic (exact) mass is 341 g/mol. The number of halogens is 3. The molecule has 1 saturated carbocycles. The van der Waals surface area contributed by atoms with Crippen molar-refractivity contribution in [1.82, 2.24) is 14.9 Å². The first kappa shape index (κ1) is 16.8. The lowest BCUT2D eigenvalue weighted by Gasteiger charge is -2.29. The van der Waals surface area contributed by atoms with Crippen molar-refractivity contribution in [3.63, 3.8) is 0 Å². The molecule has 5 nitrogen and oxygen atoms in total. The number of carbonyl (C=O) groups excluding carboxylic acids is 1. The van der Waals surface area contributed by atoms with Crippen molar-refractivity contribution in [2.75, 3.05) is 6.61 Å². The standard InChI is InChI=1S/C16H18F3N3O2/c1-15(9-23,10-6-7-10)21-13(24)8-22-12-5-3-2-4-11(12)20-14(22)16(17,18)19/h2-5,10,23H,6-9H2,1H3,(H,21,24). The number of amides is 1. The molecule has 1 heterocycles. The molecule has 0 radical (unpaired) electrons. The zero-order valence-electron chi connectivity index (χ0n) is 13.1. The number of rotatable bonds is 5. The number of nitrogens with one attached hydrogen (secondary N) is 1. The van der Waals surface area contributed by atoms with E-state index in [9.17, 15) is 23.1 Å². The summed E-state index contributed by atoms with van der Waals surface area (Å²) in [5.41, 5.74) is -0.367. The third-order valence-electron chi connectivity index (χ3n) is 4.44. The summed E-state index contributed by atoms with van der Waals surface area (Å²) in [7, 11) is 0. The SMILES string of the molecule is CC(CO)(NC(=O)Cn1c(C(F)(F)F)nc2ccccc21)C1CC1. The Morgan fingerprint density at radius 1 is 1.38 bits per heavy atom. The Balaban J connectivity index is 1.90. The second-order valence-electron chi connectivity index (χ2n) is 6.41. The highest BCUT2D eigenvalue weighted by Crippen LogP contribution is 2.39. The first-order valence-electron chi connectivity index (χ1n) is 7.69. The van der Waals surface area contributed by atoms with Gasteiger partial charge in [-0.1, -0.05) is 12.1 Å². The molecule has 2 aromatic rings. The minimum Gasteiger partial charge on any atom is -0.394 e. The van der Waals surface area contributed by atoms with Gasteiger partial charge in [0, 0.05) is 0 Å². The fraction of sp³-hybridized carbons (Fsp3) is 0.500. The smallest absolute Gasteiger partial charge is 0.394 e. The van der Waals surface area contributed by atoms with E-state index in [1.807, 2.05) is 0 Å². The summed E-state index contributed by atoms with van der Waals surface area (Å²) >= 11 is 0. The molecule has 8 heteroatoms. The fourth-order valence-electron chi connectivity index (χ4n) is 2.94. The van der Waals surface area contributed by atoms with E-state index in [-0.39, 0.29) is 23.6 Å². The molecule has 0 aliphatic heterocycles. The summed E-state index contributed by atoms with van der Waals surface area (Å²) in [6, 6.07) is 6.16. The van der Waals surface area contributed by atoms with E-state index in [2.05, 4.69) is 10.3 Å². The Kier molecular flexibility index (Phi) is 4.03. The van der Waals surface area contributed by atoms with Crippen molar-refractivity contribution in [3.05, 3.63) is 30.1 Å². The van der Waals surface area contributed by atoms with Gasteiger partial charge in [-0.2, -0.15) is 13.2 Å². The zero-order chi connectivity index (χ0) is 17.5. The van der Waals surface area contributed by atoms with Crippen LogP contribution in [-0.2, 0) is 17.5 Å². The van der Waals surface area contributed by atoms with Crippen LogP contribution in [0, 0.1) is 5.92 Å². The Hall–Kier alpha value is -2.09. The molecule has 0 spiro atoms. The highest BCUT2D eigenvalue weighted by molar-refractivity contribution is 5.81. The number of nitrogens with zero attached hydrogens (tertiary/aromatic N) is 2. The van der Waals surface area contributed by atoms with E-state index in [0.717, 1.165) is 17.4 Å². The summed E-state index contributed by atoms with van der Waals surface area (Å²) in [5, 5.41) is 12.2. The van der Waals surface area contributed by atoms with Crippen LogP contribution in [0.3, 0.4) is 0 Å². The highest BCUT2D eigenvalue weighted by atomic mass is 19.4. The normalized spacial score (nSPS) is 17.7. The van der Waals surface area contributed by atoms with Crippen molar-refractivity contribution in [2.45, 2.75) is 38.0 Å². The van der Waals surface area contributed by atoms with Gasteiger partial charge in [0.15, 0.2) is 0 Å². The van der Waals surface area contributed by atoms with Gasteiger partial charge < -0.3 is 15.0 Å². The Bertz CT molecular complexity index is 768. The number of fused-ring (bicyclic) bond motifs is 1. The predicted molar refractivity (Wildman–Crippen MR) is 81.1 cm³/mol. The molecule has 2 N–H and O–H groups in total. The molecular formula is C16H18F3N3O2. The number of aromatic nitrogens is 2. The first-order chi connectivity index (χ1) is 11.2. The second-order valence-corrected chi connectivity index (χ2v) is 6.41. The van der Waals surface area contributed by atoms with Crippen LogP contribution in [0.25, 0.3) is 11.0 Å². The van der Waals surface area contributed by atoms with Gasteiger partial charge in [-0.15, -0.1) is 0 Å².